The van der Waals surface area contributed by atoms with Crippen molar-refractivity contribution in [1.82, 2.24) is 14.5 Å². The number of piperidine rings is 1. The van der Waals surface area contributed by atoms with Gasteiger partial charge in [0.2, 0.25) is 21.8 Å². The third-order valence-electron chi connectivity index (χ3n) is 3.94. The summed E-state index contributed by atoms with van der Waals surface area (Å²) in [4.78, 5) is 0. The van der Waals surface area contributed by atoms with Gasteiger partial charge in [0, 0.05) is 18.7 Å². The molecule has 2 heterocycles. The van der Waals surface area contributed by atoms with Crippen LogP contribution in [0.2, 0.25) is 0 Å². The van der Waals surface area contributed by atoms with E-state index in [1.54, 1.807) is 0 Å². The Bertz CT molecular complexity index is 753. The largest absolute Gasteiger partial charge is 0.420 e. The summed E-state index contributed by atoms with van der Waals surface area (Å²) in [6, 6.07) is 7.86. The Morgan fingerprint density at radius 1 is 1.23 bits per heavy atom. The number of aryl methyl sites for hydroxylation is 1. The average molecular weight is 321 g/mol. The van der Waals surface area contributed by atoms with Gasteiger partial charge in [-0.2, -0.15) is 0 Å². The van der Waals surface area contributed by atoms with E-state index in [0.29, 0.717) is 24.9 Å². The van der Waals surface area contributed by atoms with Crippen LogP contribution in [0.15, 0.2) is 28.7 Å². The number of sulfonamides is 1. The highest BCUT2D eigenvalue weighted by Gasteiger charge is 2.30. The lowest BCUT2D eigenvalue weighted by Gasteiger charge is -2.28. The van der Waals surface area contributed by atoms with E-state index in [9.17, 15) is 8.42 Å². The van der Waals surface area contributed by atoms with Crippen LogP contribution in [0, 0.1) is 6.92 Å². The zero-order valence-corrected chi connectivity index (χ0v) is 13.5. The molecule has 0 bridgehead atoms. The maximum Gasteiger partial charge on any atom is 0.247 e. The second-order valence-corrected chi connectivity index (χ2v) is 7.75. The Morgan fingerprint density at radius 3 is 2.64 bits per heavy atom. The molecule has 1 aromatic carbocycles. The van der Waals surface area contributed by atoms with Crippen LogP contribution >= 0.6 is 0 Å². The second kappa shape index (κ2) is 5.81. The molecule has 118 valence electrons. The smallest absolute Gasteiger partial charge is 0.247 e. The zero-order chi connectivity index (χ0) is 15.7. The third-order valence-corrected chi connectivity index (χ3v) is 5.21. The van der Waals surface area contributed by atoms with Crippen molar-refractivity contribution in [2.75, 3.05) is 19.3 Å². The highest BCUT2D eigenvalue weighted by atomic mass is 32.2. The van der Waals surface area contributed by atoms with Gasteiger partial charge in [-0.25, -0.2) is 12.7 Å². The summed E-state index contributed by atoms with van der Waals surface area (Å²) in [5, 5.41) is 8.21. The van der Waals surface area contributed by atoms with E-state index in [1.165, 1.54) is 16.1 Å². The highest BCUT2D eigenvalue weighted by molar-refractivity contribution is 7.88. The van der Waals surface area contributed by atoms with Crippen molar-refractivity contribution in [1.29, 1.82) is 0 Å². The number of benzene rings is 1. The molecule has 1 aliphatic rings. The van der Waals surface area contributed by atoms with Crippen LogP contribution in [0.5, 0.6) is 0 Å². The molecule has 0 spiro atoms. The summed E-state index contributed by atoms with van der Waals surface area (Å²) in [7, 11) is -3.17. The van der Waals surface area contributed by atoms with Gasteiger partial charge in [-0.1, -0.05) is 17.7 Å². The maximum absolute atomic E-state index is 11.7. The van der Waals surface area contributed by atoms with Crippen LogP contribution in [0.25, 0.3) is 11.5 Å². The fourth-order valence-corrected chi connectivity index (χ4v) is 3.57. The molecule has 0 radical (unpaired) electrons. The second-order valence-electron chi connectivity index (χ2n) is 5.77. The molecule has 0 amide bonds. The molecular weight excluding hydrogens is 302 g/mol. The molecule has 0 N–H and O–H groups in total. The zero-order valence-electron chi connectivity index (χ0n) is 12.7. The first kappa shape index (κ1) is 15.2. The van der Waals surface area contributed by atoms with E-state index in [2.05, 4.69) is 10.2 Å². The molecule has 1 aromatic heterocycles. The standard InChI is InChI=1S/C15H19N3O3S/c1-11-5-7-12(8-6-11)14-16-17-15(21-14)13-4-3-9-18(10-13)22(2,19)20/h5-8,13H,3-4,9-10H2,1-2H3/t13-/m0/s1. The van der Waals surface area contributed by atoms with Crippen LogP contribution in [0.4, 0.5) is 0 Å². The minimum absolute atomic E-state index is 0.0322. The molecule has 0 aliphatic carbocycles. The topological polar surface area (TPSA) is 76.3 Å². The van der Waals surface area contributed by atoms with E-state index < -0.39 is 10.0 Å². The molecule has 2 aromatic rings. The van der Waals surface area contributed by atoms with Crippen LogP contribution in [0.3, 0.4) is 0 Å². The van der Waals surface area contributed by atoms with Gasteiger partial charge < -0.3 is 4.42 Å². The van der Waals surface area contributed by atoms with Crippen LogP contribution in [-0.4, -0.2) is 42.3 Å². The Kier molecular flexibility index (Phi) is 4.01. The summed E-state index contributed by atoms with van der Waals surface area (Å²) in [6.45, 7) is 2.99. The van der Waals surface area contributed by atoms with E-state index in [1.807, 2.05) is 31.2 Å². The molecular formula is C15H19N3O3S. The summed E-state index contributed by atoms with van der Waals surface area (Å²) in [5.41, 5.74) is 2.04. The lowest BCUT2D eigenvalue weighted by molar-refractivity contribution is 0.287. The normalized spacial score (nSPS) is 20.2. The average Bonchev–Trinajstić information content (AvgIpc) is 2.97. The molecule has 6 nitrogen and oxygen atoms in total. The van der Waals surface area contributed by atoms with Crippen molar-refractivity contribution in [3.8, 4) is 11.5 Å². The van der Waals surface area contributed by atoms with Gasteiger partial charge >= 0.3 is 0 Å². The number of aromatic nitrogens is 2. The fraction of sp³-hybridized carbons (Fsp3) is 0.467. The Morgan fingerprint density at radius 2 is 1.95 bits per heavy atom. The highest BCUT2D eigenvalue weighted by Crippen LogP contribution is 2.29. The molecule has 3 rings (SSSR count). The molecule has 7 heteroatoms. The van der Waals surface area contributed by atoms with Gasteiger partial charge in [0.25, 0.3) is 0 Å². The predicted octanol–water partition coefficient (Wildman–Crippen LogP) is 2.18. The quantitative estimate of drug-likeness (QED) is 0.866. The first-order chi connectivity index (χ1) is 10.4. The van der Waals surface area contributed by atoms with Crippen molar-refractivity contribution in [2.24, 2.45) is 0 Å². The summed E-state index contributed by atoms with van der Waals surface area (Å²) < 4.78 is 30.6. The van der Waals surface area contributed by atoms with Gasteiger partial charge in [-0.15, -0.1) is 10.2 Å². The predicted molar refractivity (Wildman–Crippen MR) is 82.9 cm³/mol. The van der Waals surface area contributed by atoms with Crippen LogP contribution in [0.1, 0.15) is 30.2 Å². The van der Waals surface area contributed by atoms with Crippen LogP contribution < -0.4 is 0 Å². The van der Waals surface area contributed by atoms with Gasteiger partial charge in [-0.3, -0.25) is 0 Å². The summed E-state index contributed by atoms with van der Waals surface area (Å²) in [6.07, 6.45) is 2.91. The Balaban J connectivity index is 1.80. The van der Waals surface area contributed by atoms with E-state index in [-0.39, 0.29) is 5.92 Å². The van der Waals surface area contributed by atoms with Gasteiger partial charge in [0.05, 0.1) is 12.2 Å². The minimum atomic E-state index is -3.17. The number of rotatable bonds is 3. The fourth-order valence-electron chi connectivity index (χ4n) is 2.66. The summed E-state index contributed by atoms with van der Waals surface area (Å²) in [5.74, 6) is 0.963. The SMILES string of the molecule is Cc1ccc(-c2nnc([C@H]3CCCN(S(C)(=O)=O)C3)o2)cc1. The van der Waals surface area contributed by atoms with Crippen molar-refractivity contribution in [3.63, 3.8) is 0 Å². The molecule has 22 heavy (non-hydrogen) atoms. The van der Waals surface area contributed by atoms with E-state index >= 15 is 0 Å². The Labute approximate surface area is 130 Å². The third kappa shape index (κ3) is 3.20. The molecule has 0 saturated carbocycles. The summed E-state index contributed by atoms with van der Waals surface area (Å²) >= 11 is 0. The molecule has 1 atom stereocenters. The van der Waals surface area contributed by atoms with Crippen molar-refractivity contribution in [2.45, 2.75) is 25.7 Å². The first-order valence-corrected chi connectivity index (χ1v) is 9.14. The van der Waals surface area contributed by atoms with Crippen molar-refractivity contribution in [3.05, 3.63) is 35.7 Å². The Hall–Kier alpha value is -1.73. The maximum atomic E-state index is 11.7. The molecule has 1 aliphatic heterocycles. The number of hydrogen-bond acceptors (Lipinski definition) is 5. The van der Waals surface area contributed by atoms with E-state index in [4.69, 9.17) is 4.42 Å². The minimum Gasteiger partial charge on any atom is -0.420 e. The van der Waals surface area contributed by atoms with Crippen molar-refractivity contribution >= 4 is 10.0 Å². The monoisotopic (exact) mass is 321 g/mol. The van der Waals surface area contributed by atoms with Crippen LogP contribution in [-0.2, 0) is 10.0 Å². The molecule has 0 unspecified atom stereocenters. The molecule has 1 fully saturated rings. The lowest BCUT2D eigenvalue weighted by atomic mass is 10.00. The lowest BCUT2D eigenvalue weighted by Crippen LogP contribution is -2.38. The first-order valence-electron chi connectivity index (χ1n) is 7.29. The van der Waals surface area contributed by atoms with Gasteiger partial charge in [0.15, 0.2) is 0 Å². The number of nitrogens with zero attached hydrogens (tertiary/aromatic N) is 3. The molecule has 1 saturated heterocycles. The van der Waals surface area contributed by atoms with Gasteiger partial charge in [0.1, 0.15) is 0 Å². The van der Waals surface area contributed by atoms with E-state index in [0.717, 1.165) is 18.4 Å². The van der Waals surface area contributed by atoms with Gasteiger partial charge in [-0.05, 0) is 31.9 Å². The number of hydrogen-bond donors (Lipinski definition) is 0. The van der Waals surface area contributed by atoms with Crippen molar-refractivity contribution < 1.29 is 12.8 Å².